The van der Waals surface area contributed by atoms with Gasteiger partial charge in [0.25, 0.3) is 5.91 Å². The molecule has 0 spiro atoms. The molecule has 120 valence electrons. The quantitative estimate of drug-likeness (QED) is 0.885. The van der Waals surface area contributed by atoms with Crippen LogP contribution in [-0.2, 0) is 9.53 Å². The van der Waals surface area contributed by atoms with Crippen molar-refractivity contribution in [2.45, 2.75) is 13.0 Å². The summed E-state index contributed by atoms with van der Waals surface area (Å²) in [5.41, 5.74) is 2.06. The van der Waals surface area contributed by atoms with Crippen molar-refractivity contribution in [1.82, 2.24) is 19.9 Å². The van der Waals surface area contributed by atoms with E-state index in [4.69, 9.17) is 9.84 Å². The van der Waals surface area contributed by atoms with Gasteiger partial charge < -0.3 is 14.7 Å². The molecule has 1 aliphatic heterocycles. The highest BCUT2D eigenvalue weighted by Gasteiger charge is 2.30. The number of aryl methyl sites for hydroxylation is 1. The Labute approximate surface area is 132 Å². The first-order chi connectivity index (χ1) is 11.0. The molecule has 1 saturated heterocycles. The first-order valence-electron chi connectivity index (χ1n) is 7.17. The number of rotatable bonds is 3. The minimum absolute atomic E-state index is 0.00543. The van der Waals surface area contributed by atoms with Crippen LogP contribution in [0.1, 0.15) is 16.1 Å². The molecule has 1 aliphatic rings. The molecule has 1 aromatic heterocycles. The molecule has 1 atom stereocenters. The molecule has 0 radical (unpaired) electrons. The van der Waals surface area contributed by atoms with Gasteiger partial charge in [0.2, 0.25) is 0 Å². The Morgan fingerprint density at radius 1 is 1.39 bits per heavy atom. The van der Waals surface area contributed by atoms with E-state index in [0.717, 1.165) is 11.3 Å². The third-order valence-corrected chi connectivity index (χ3v) is 3.61. The number of carbonyl (C=O) groups excluding carboxylic acids is 1. The SMILES string of the molecule is Cc1cccc(-n2cc(C(=O)N3CCO[C@H](C(=O)O)C3)nn2)c1. The minimum Gasteiger partial charge on any atom is -0.479 e. The Balaban J connectivity index is 1.77. The molecule has 3 rings (SSSR count). The molecular weight excluding hydrogens is 300 g/mol. The van der Waals surface area contributed by atoms with Gasteiger partial charge in [0.1, 0.15) is 0 Å². The van der Waals surface area contributed by atoms with Crippen LogP contribution in [0.2, 0.25) is 0 Å². The Morgan fingerprint density at radius 2 is 2.22 bits per heavy atom. The van der Waals surface area contributed by atoms with Gasteiger partial charge in [-0.2, -0.15) is 0 Å². The maximum Gasteiger partial charge on any atom is 0.334 e. The van der Waals surface area contributed by atoms with Crippen molar-refractivity contribution < 1.29 is 19.4 Å². The van der Waals surface area contributed by atoms with Crippen LogP contribution in [0.4, 0.5) is 0 Å². The standard InChI is InChI=1S/C15H16N4O4/c1-10-3-2-4-11(7-10)19-8-12(16-17-19)14(20)18-5-6-23-13(9-18)15(21)22/h2-4,7-8,13H,5-6,9H2,1H3,(H,21,22)/t13-/m0/s1. The fourth-order valence-electron chi connectivity index (χ4n) is 2.40. The van der Waals surface area contributed by atoms with E-state index < -0.39 is 12.1 Å². The topological polar surface area (TPSA) is 97.5 Å². The first-order valence-corrected chi connectivity index (χ1v) is 7.17. The van der Waals surface area contributed by atoms with E-state index in [1.807, 2.05) is 31.2 Å². The van der Waals surface area contributed by atoms with Crippen molar-refractivity contribution in [2.24, 2.45) is 0 Å². The van der Waals surface area contributed by atoms with Gasteiger partial charge in [0, 0.05) is 6.54 Å². The second-order valence-corrected chi connectivity index (χ2v) is 5.34. The smallest absolute Gasteiger partial charge is 0.334 e. The minimum atomic E-state index is -1.08. The fraction of sp³-hybridized carbons (Fsp3) is 0.333. The van der Waals surface area contributed by atoms with Gasteiger partial charge in [-0.25, -0.2) is 9.48 Å². The second kappa shape index (κ2) is 6.17. The fourth-order valence-corrected chi connectivity index (χ4v) is 2.40. The lowest BCUT2D eigenvalue weighted by Crippen LogP contribution is -2.48. The van der Waals surface area contributed by atoms with Gasteiger partial charge in [-0.3, -0.25) is 4.79 Å². The summed E-state index contributed by atoms with van der Waals surface area (Å²) < 4.78 is 6.63. The van der Waals surface area contributed by atoms with E-state index in [1.54, 1.807) is 6.20 Å². The van der Waals surface area contributed by atoms with Crippen molar-refractivity contribution in [2.75, 3.05) is 19.7 Å². The number of hydrogen-bond donors (Lipinski definition) is 1. The van der Waals surface area contributed by atoms with Crippen LogP contribution in [0.25, 0.3) is 5.69 Å². The predicted molar refractivity (Wildman–Crippen MR) is 79.4 cm³/mol. The normalized spacial score (nSPS) is 18.0. The number of hydrogen-bond acceptors (Lipinski definition) is 5. The van der Waals surface area contributed by atoms with Crippen LogP contribution in [0.15, 0.2) is 30.5 Å². The highest BCUT2D eigenvalue weighted by molar-refractivity contribution is 5.92. The molecule has 8 heteroatoms. The van der Waals surface area contributed by atoms with Crippen LogP contribution in [0, 0.1) is 6.92 Å². The number of ether oxygens (including phenoxy) is 1. The molecule has 1 amide bonds. The molecular formula is C15H16N4O4. The molecule has 0 bridgehead atoms. The largest absolute Gasteiger partial charge is 0.479 e. The summed E-state index contributed by atoms with van der Waals surface area (Å²) in [6.45, 7) is 2.49. The summed E-state index contributed by atoms with van der Waals surface area (Å²) in [5.74, 6) is -1.43. The zero-order valence-corrected chi connectivity index (χ0v) is 12.5. The Bertz CT molecular complexity index is 743. The van der Waals surface area contributed by atoms with Gasteiger partial charge in [-0.15, -0.1) is 5.10 Å². The van der Waals surface area contributed by atoms with Gasteiger partial charge in [-0.1, -0.05) is 17.3 Å². The van der Waals surface area contributed by atoms with E-state index in [-0.39, 0.29) is 24.8 Å². The van der Waals surface area contributed by atoms with Crippen LogP contribution in [0.5, 0.6) is 0 Å². The van der Waals surface area contributed by atoms with Crippen molar-refractivity contribution in [3.05, 3.63) is 41.7 Å². The highest BCUT2D eigenvalue weighted by atomic mass is 16.5. The third-order valence-electron chi connectivity index (χ3n) is 3.61. The number of carboxylic acids is 1. The summed E-state index contributed by atoms with van der Waals surface area (Å²) in [4.78, 5) is 24.8. The lowest BCUT2D eigenvalue weighted by atomic mass is 10.2. The van der Waals surface area contributed by atoms with Gasteiger partial charge >= 0.3 is 5.97 Å². The van der Waals surface area contributed by atoms with Gasteiger partial charge in [-0.05, 0) is 24.6 Å². The summed E-state index contributed by atoms with van der Waals surface area (Å²) >= 11 is 0. The molecule has 2 heterocycles. The number of aliphatic carboxylic acids is 1. The number of amides is 1. The van der Waals surface area contributed by atoms with E-state index in [9.17, 15) is 9.59 Å². The van der Waals surface area contributed by atoms with Crippen molar-refractivity contribution in [3.8, 4) is 5.69 Å². The maximum absolute atomic E-state index is 12.4. The van der Waals surface area contributed by atoms with E-state index in [1.165, 1.54) is 9.58 Å². The monoisotopic (exact) mass is 316 g/mol. The van der Waals surface area contributed by atoms with Gasteiger partial charge in [0.05, 0.1) is 25.0 Å². The Morgan fingerprint density at radius 3 is 2.96 bits per heavy atom. The van der Waals surface area contributed by atoms with E-state index in [0.29, 0.717) is 6.54 Å². The van der Waals surface area contributed by atoms with E-state index >= 15 is 0 Å². The average molecular weight is 316 g/mol. The summed E-state index contributed by atoms with van der Waals surface area (Å²) in [5, 5.41) is 16.9. The molecule has 1 fully saturated rings. The van der Waals surface area contributed by atoms with Crippen LogP contribution in [-0.4, -0.2) is 62.7 Å². The molecule has 0 unspecified atom stereocenters. The average Bonchev–Trinajstić information content (AvgIpc) is 3.04. The predicted octanol–water partition coefficient (Wildman–Crippen LogP) is 0.501. The third kappa shape index (κ3) is 3.21. The Kier molecular flexibility index (Phi) is 4.07. The summed E-state index contributed by atoms with van der Waals surface area (Å²) in [7, 11) is 0. The van der Waals surface area contributed by atoms with Crippen molar-refractivity contribution in [1.29, 1.82) is 0 Å². The van der Waals surface area contributed by atoms with Crippen molar-refractivity contribution >= 4 is 11.9 Å². The van der Waals surface area contributed by atoms with Crippen LogP contribution in [0.3, 0.4) is 0 Å². The van der Waals surface area contributed by atoms with Crippen molar-refractivity contribution in [3.63, 3.8) is 0 Å². The number of aromatic nitrogens is 3. The first kappa shape index (κ1) is 15.2. The highest BCUT2D eigenvalue weighted by Crippen LogP contribution is 2.12. The zero-order valence-electron chi connectivity index (χ0n) is 12.5. The lowest BCUT2D eigenvalue weighted by Gasteiger charge is -2.30. The van der Waals surface area contributed by atoms with Gasteiger partial charge in [0.15, 0.2) is 11.8 Å². The number of nitrogens with zero attached hydrogens (tertiary/aromatic N) is 4. The maximum atomic E-state index is 12.4. The lowest BCUT2D eigenvalue weighted by molar-refractivity contribution is -0.154. The molecule has 2 aromatic rings. The summed E-state index contributed by atoms with van der Waals surface area (Å²) in [6, 6.07) is 7.66. The molecule has 0 saturated carbocycles. The zero-order chi connectivity index (χ0) is 16.4. The number of carboxylic acid groups (broad SMARTS) is 1. The number of benzene rings is 1. The molecule has 1 aromatic carbocycles. The molecule has 1 N–H and O–H groups in total. The Hall–Kier alpha value is -2.74. The molecule has 23 heavy (non-hydrogen) atoms. The molecule has 8 nitrogen and oxygen atoms in total. The number of carbonyl (C=O) groups is 2. The van der Waals surface area contributed by atoms with E-state index in [2.05, 4.69) is 10.3 Å². The van der Waals surface area contributed by atoms with Crippen LogP contribution < -0.4 is 0 Å². The van der Waals surface area contributed by atoms with Crippen LogP contribution >= 0.6 is 0 Å². The second-order valence-electron chi connectivity index (χ2n) is 5.34. The summed E-state index contributed by atoms with van der Waals surface area (Å²) in [6.07, 6.45) is 0.544. The number of morpholine rings is 1. The molecule has 0 aliphatic carbocycles.